The molecule has 0 spiro atoms. The first-order valence-corrected chi connectivity index (χ1v) is 6.59. The quantitative estimate of drug-likeness (QED) is 0.417. The highest BCUT2D eigenvalue weighted by molar-refractivity contribution is 6.11. The fourth-order valence-electron chi connectivity index (χ4n) is 2.51. The van der Waals surface area contributed by atoms with Crippen LogP contribution in [0.4, 0.5) is 0 Å². The fourth-order valence-corrected chi connectivity index (χ4v) is 2.51. The lowest BCUT2D eigenvalue weighted by Crippen LogP contribution is -2.01. The molecule has 22 heavy (non-hydrogen) atoms. The molecule has 0 aliphatic rings. The van der Waals surface area contributed by atoms with Gasteiger partial charge in [0.05, 0.1) is 22.1 Å². The van der Waals surface area contributed by atoms with E-state index in [1.54, 1.807) is 36.4 Å². The number of rotatable bonds is 2. The maximum atomic E-state index is 12.5. The molecule has 0 amide bonds. The van der Waals surface area contributed by atoms with Crippen molar-refractivity contribution in [2.45, 2.75) is 0 Å². The van der Waals surface area contributed by atoms with E-state index < -0.39 is 0 Å². The number of carbonyl (C=O) groups is 1. The summed E-state index contributed by atoms with van der Waals surface area (Å²) in [6.07, 6.45) is 0. The van der Waals surface area contributed by atoms with Crippen LogP contribution in [0.2, 0.25) is 0 Å². The van der Waals surface area contributed by atoms with E-state index >= 15 is 0 Å². The van der Waals surface area contributed by atoms with Crippen molar-refractivity contribution in [2.75, 3.05) is 0 Å². The molecule has 0 fully saturated rings. The summed E-state index contributed by atoms with van der Waals surface area (Å²) in [6, 6.07) is 9.91. The maximum Gasteiger partial charge on any atom is 0.323 e. The van der Waals surface area contributed by atoms with Gasteiger partial charge >= 0.3 is 11.4 Å². The highest BCUT2D eigenvalue weighted by Gasteiger charge is 2.12. The predicted octanol–water partition coefficient (Wildman–Crippen LogP) is 1.26. The zero-order valence-corrected chi connectivity index (χ0v) is 11.2. The second-order valence-corrected chi connectivity index (χ2v) is 5.01. The monoisotopic (exact) mass is 294 g/mol. The van der Waals surface area contributed by atoms with Crippen LogP contribution < -0.4 is 11.4 Å². The molecule has 7 nitrogen and oxygen atoms in total. The Hall–Kier alpha value is -3.35. The molecule has 2 aromatic carbocycles. The molecule has 0 aliphatic heterocycles. The highest BCUT2D eigenvalue weighted by Crippen LogP contribution is 2.17. The number of H-pyrrole nitrogens is 4. The molecule has 4 N–H and O–H groups in total. The van der Waals surface area contributed by atoms with Gasteiger partial charge in [0.2, 0.25) is 0 Å². The average molecular weight is 294 g/mol. The minimum Gasteiger partial charge on any atom is -0.306 e. The van der Waals surface area contributed by atoms with Crippen molar-refractivity contribution in [3.63, 3.8) is 0 Å². The smallest absolute Gasteiger partial charge is 0.306 e. The molecular formula is C15H10N4O3. The molecular weight excluding hydrogens is 284 g/mol. The lowest BCUT2D eigenvalue weighted by Gasteiger charge is -2.01. The summed E-state index contributed by atoms with van der Waals surface area (Å²) in [5.74, 6) is -0.187. The second kappa shape index (κ2) is 4.32. The van der Waals surface area contributed by atoms with Crippen molar-refractivity contribution < 1.29 is 4.79 Å². The summed E-state index contributed by atoms with van der Waals surface area (Å²) in [6.45, 7) is 0. The Morgan fingerprint density at radius 2 is 1.05 bits per heavy atom. The summed E-state index contributed by atoms with van der Waals surface area (Å²) in [7, 11) is 0. The van der Waals surface area contributed by atoms with Crippen LogP contribution in [0.25, 0.3) is 22.1 Å². The van der Waals surface area contributed by atoms with Crippen LogP contribution in [0.15, 0.2) is 46.0 Å². The lowest BCUT2D eigenvalue weighted by molar-refractivity contribution is 0.103. The Bertz CT molecular complexity index is 1050. The predicted molar refractivity (Wildman–Crippen MR) is 81.3 cm³/mol. The van der Waals surface area contributed by atoms with Crippen molar-refractivity contribution in [3.8, 4) is 0 Å². The number of aromatic amines is 4. The van der Waals surface area contributed by atoms with Gasteiger partial charge in [-0.3, -0.25) is 4.79 Å². The van der Waals surface area contributed by atoms with E-state index in [1.165, 1.54) is 0 Å². The summed E-state index contributed by atoms with van der Waals surface area (Å²) in [5, 5.41) is 0. The van der Waals surface area contributed by atoms with E-state index in [9.17, 15) is 14.4 Å². The van der Waals surface area contributed by atoms with Crippen LogP contribution in [0.3, 0.4) is 0 Å². The minimum absolute atomic E-state index is 0.187. The third kappa shape index (κ3) is 1.87. The van der Waals surface area contributed by atoms with Crippen molar-refractivity contribution in [1.82, 2.24) is 19.9 Å². The SMILES string of the molecule is O=C(c1ccc2[nH]c(=O)[nH]c2c1)c1ccc2[nH]c(=O)[nH]c2c1. The van der Waals surface area contributed by atoms with Crippen molar-refractivity contribution in [2.24, 2.45) is 0 Å². The summed E-state index contributed by atoms with van der Waals surface area (Å²) < 4.78 is 0. The van der Waals surface area contributed by atoms with Gasteiger partial charge in [0.25, 0.3) is 0 Å². The van der Waals surface area contributed by atoms with E-state index in [-0.39, 0.29) is 17.2 Å². The summed E-state index contributed by atoms with van der Waals surface area (Å²) in [5.41, 5.74) is 2.73. The number of aromatic nitrogens is 4. The van der Waals surface area contributed by atoms with Crippen LogP contribution in [-0.2, 0) is 0 Å². The van der Waals surface area contributed by atoms with Gasteiger partial charge in [-0.25, -0.2) is 9.59 Å². The second-order valence-electron chi connectivity index (χ2n) is 5.01. The maximum absolute atomic E-state index is 12.5. The van der Waals surface area contributed by atoms with Crippen molar-refractivity contribution in [1.29, 1.82) is 0 Å². The van der Waals surface area contributed by atoms with E-state index in [0.29, 0.717) is 33.2 Å². The summed E-state index contributed by atoms with van der Waals surface area (Å²) >= 11 is 0. The topological polar surface area (TPSA) is 114 Å². The van der Waals surface area contributed by atoms with Crippen LogP contribution in [-0.4, -0.2) is 25.7 Å². The number of carbonyl (C=O) groups excluding carboxylic acids is 1. The molecule has 0 saturated carbocycles. The molecule has 0 saturated heterocycles. The van der Waals surface area contributed by atoms with Gasteiger partial charge in [-0.2, -0.15) is 0 Å². The Morgan fingerprint density at radius 3 is 1.50 bits per heavy atom. The third-order valence-corrected chi connectivity index (χ3v) is 3.56. The van der Waals surface area contributed by atoms with E-state index in [2.05, 4.69) is 19.9 Å². The number of imidazole rings is 2. The van der Waals surface area contributed by atoms with Gasteiger partial charge in [-0.15, -0.1) is 0 Å². The standard InChI is InChI=1S/C15H10N4O3/c20-13(7-1-3-9-11(5-7)18-14(21)16-9)8-2-4-10-12(6-8)19-15(22)17-10/h1-6H,(H2,16,18,21)(H2,17,19,22). The number of hydrogen-bond donors (Lipinski definition) is 4. The summed E-state index contributed by atoms with van der Waals surface area (Å²) in [4.78, 5) is 45.5. The van der Waals surface area contributed by atoms with Gasteiger partial charge in [0.1, 0.15) is 0 Å². The molecule has 0 bridgehead atoms. The first-order valence-electron chi connectivity index (χ1n) is 6.59. The van der Waals surface area contributed by atoms with Crippen LogP contribution in [0.1, 0.15) is 15.9 Å². The van der Waals surface area contributed by atoms with Crippen LogP contribution in [0, 0.1) is 0 Å². The number of ketones is 1. The molecule has 0 aliphatic carbocycles. The molecule has 2 aromatic heterocycles. The first-order chi connectivity index (χ1) is 10.6. The van der Waals surface area contributed by atoms with Crippen molar-refractivity contribution >= 4 is 27.9 Å². The van der Waals surface area contributed by atoms with Crippen LogP contribution >= 0.6 is 0 Å². The number of nitrogens with one attached hydrogen (secondary N) is 4. The van der Waals surface area contributed by atoms with E-state index in [0.717, 1.165) is 0 Å². The molecule has 0 atom stereocenters. The first kappa shape index (κ1) is 12.4. The Labute approximate surface area is 122 Å². The molecule has 0 radical (unpaired) electrons. The highest BCUT2D eigenvalue weighted by atomic mass is 16.1. The van der Waals surface area contributed by atoms with Gasteiger partial charge in [-0.1, -0.05) is 0 Å². The Morgan fingerprint density at radius 1 is 0.636 bits per heavy atom. The molecule has 2 heterocycles. The van der Waals surface area contributed by atoms with Gasteiger partial charge in [0, 0.05) is 11.1 Å². The van der Waals surface area contributed by atoms with Gasteiger partial charge in [0.15, 0.2) is 5.78 Å². The Balaban J connectivity index is 1.82. The minimum atomic E-state index is -0.314. The van der Waals surface area contributed by atoms with E-state index in [1.807, 2.05) is 0 Å². The lowest BCUT2D eigenvalue weighted by atomic mass is 10.0. The van der Waals surface area contributed by atoms with Gasteiger partial charge in [-0.05, 0) is 36.4 Å². The molecule has 4 aromatic rings. The largest absolute Gasteiger partial charge is 0.323 e. The number of benzene rings is 2. The zero-order valence-electron chi connectivity index (χ0n) is 11.2. The van der Waals surface area contributed by atoms with E-state index in [4.69, 9.17) is 0 Å². The average Bonchev–Trinajstić information content (AvgIpc) is 3.04. The molecule has 0 unspecified atom stereocenters. The number of hydrogen-bond acceptors (Lipinski definition) is 3. The molecule has 108 valence electrons. The fraction of sp³-hybridized carbons (Fsp3) is 0. The third-order valence-electron chi connectivity index (χ3n) is 3.56. The van der Waals surface area contributed by atoms with Crippen LogP contribution in [0.5, 0.6) is 0 Å². The van der Waals surface area contributed by atoms with Crippen molar-refractivity contribution in [3.05, 3.63) is 68.5 Å². The molecule has 4 rings (SSSR count). The Kier molecular flexibility index (Phi) is 2.43. The molecule has 7 heteroatoms. The van der Waals surface area contributed by atoms with Gasteiger partial charge < -0.3 is 19.9 Å². The number of fused-ring (bicyclic) bond motifs is 2. The zero-order chi connectivity index (χ0) is 15.3. The normalized spacial score (nSPS) is 11.3.